The van der Waals surface area contributed by atoms with Crippen molar-refractivity contribution in [2.45, 2.75) is 12.1 Å². The van der Waals surface area contributed by atoms with Crippen molar-refractivity contribution in [3.05, 3.63) is 78.4 Å². The van der Waals surface area contributed by atoms with Gasteiger partial charge in [-0.05, 0) is 28.8 Å². The van der Waals surface area contributed by atoms with Crippen LogP contribution < -0.4 is 16.4 Å². The Balaban J connectivity index is 1.38. The number of para-hydroxylation sites is 1. The number of aliphatic carboxylic acids is 1. The Morgan fingerprint density at radius 1 is 0.862 bits per heavy atom. The molecule has 2 heterocycles. The van der Waals surface area contributed by atoms with Crippen LogP contribution in [0.15, 0.2) is 72.8 Å². The molecule has 6 nitrogen and oxygen atoms in total. The van der Waals surface area contributed by atoms with Gasteiger partial charge in [-0.25, -0.2) is 15.8 Å². The molecule has 5 rings (SSSR count). The van der Waals surface area contributed by atoms with Gasteiger partial charge in [-0.1, -0.05) is 60.7 Å². The highest BCUT2D eigenvalue weighted by Crippen LogP contribution is 2.32. The molecule has 2 atom stereocenters. The third-order valence-corrected chi connectivity index (χ3v) is 6.17. The third kappa shape index (κ3) is 3.41. The SMILES string of the molecule is O=C(O)C1NNNC1c1ccc(-c2ccc(-c3nc4ccccc4s3)cc2)cc1. The first-order valence-electron chi connectivity index (χ1n) is 9.24. The summed E-state index contributed by atoms with van der Waals surface area (Å²) in [5, 5.41) is 10.3. The summed E-state index contributed by atoms with van der Waals surface area (Å²) < 4.78 is 1.19. The molecule has 0 spiro atoms. The van der Waals surface area contributed by atoms with Crippen molar-refractivity contribution in [1.29, 1.82) is 0 Å². The minimum Gasteiger partial charge on any atom is -0.480 e. The molecule has 1 aromatic heterocycles. The Labute approximate surface area is 171 Å². The molecule has 4 N–H and O–H groups in total. The zero-order valence-corrected chi connectivity index (χ0v) is 16.1. The second-order valence-corrected chi connectivity index (χ2v) is 7.92. The number of hydrogen-bond donors (Lipinski definition) is 4. The van der Waals surface area contributed by atoms with Gasteiger partial charge in [0.2, 0.25) is 0 Å². The summed E-state index contributed by atoms with van der Waals surface area (Å²) in [5.41, 5.74) is 13.6. The monoisotopic (exact) mass is 402 g/mol. The first-order valence-corrected chi connectivity index (χ1v) is 10.1. The number of hydrazine groups is 2. The van der Waals surface area contributed by atoms with Gasteiger partial charge in [0.15, 0.2) is 0 Å². The van der Waals surface area contributed by atoms with E-state index in [-0.39, 0.29) is 6.04 Å². The number of aromatic nitrogens is 1. The number of carbonyl (C=O) groups is 1. The highest BCUT2D eigenvalue weighted by atomic mass is 32.1. The van der Waals surface area contributed by atoms with Crippen LogP contribution in [0.4, 0.5) is 0 Å². The maximum atomic E-state index is 11.3. The zero-order valence-electron chi connectivity index (χ0n) is 15.3. The molecule has 1 aliphatic rings. The van der Waals surface area contributed by atoms with Crippen LogP contribution in [0.3, 0.4) is 0 Å². The molecular formula is C22H18N4O2S. The fourth-order valence-corrected chi connectivity index (χ4v) is 4.50. The molecular weight excluding hydrogens is 384 g/mol. The highest BCUT2D eigenvalue weighted by molar-refractivity contribution is 7.21. The first-order chi connectivity index (χ1) is 14.2. The number of hydrogen-bond acceptors (Lipinski definition) is 6. The quantitative estimate of drug-likeness (QED) is 0.416. The molecule has 144 valence electrons. The summed E-state index contributed by atoms with van der Waals surface area (Å²) in [6.07, 6.45) is 0. The van der Waals surface area contributed by atoms with E-state index in [0.29, 0.717) is 0 Å². The van der Waals surface area contributed by atoms with Crippen LogP contribution in [0.1, 0.15) is 11.6 Å². The van der Waals surface area contributed by atoms with Crippen LogP contribution in [-0.4, -0.2) is 22.1 Å². The molecule has 1 fully saturated rings. The second-order valence-electron chi connectivity index (χ2n) is 6.89. The summed E-state index contributed by atoms with van der Waals surface area (Å²) >= 11 is 1.69. The molecule has 2 unspecified atom stereocenters. The lowest BCUT2D eigenvalue weighted by molar-refractivity contribution is -0.139. The molecule has 1 saturated heterocycles. The van der Waals surface area contributed by atoms with Gasteiger partial charge >= 0.3 is 5.97 Å². The standard InChI is InChI=1S/C22H18N4O2S/c27-22(28)20-19(24-26-25-20)15-9-5-13(6-10-15)14-7-11-16(12-8-14)21-23-17-3-1-2-4-18(17)29-21/h1-12,19-20,24-26H,(H,27,28). The number of benzene rings is 3. The summed E-state index contributed by atoms with van der Waals surface area (Å²) in [6.45, 7) is 0. The lowest BCUT2D eigenvalue weighted by Gasteiger charge is -2.15. The second kappa shape index (κ2) is 7.38. The third-order valence-electron chi connectivity index (χ3n) is 5.08. The minimum atomic E-state index is -0.901. The molecule has 0 bridgehead atoms. The van der Waals surface area contributed by atoms with Crippen LogP contribution >= 0.6 is 11.3 Å². The number of carboxylic acids is 1. The summed E-state index contributed by atoms with van der Waals surface area (Å²) in [4.78, 5) is 16.0. The lowest BCUT2D eigenvalue weighted by Crippen LogP contribution is -2.38. The Hall–Kier alpha value is -3.10. The molecule has 0 saturated carbocycles. The Morgan fingerprint density at radius 2 is 1.52 bits per heavy atom. The van der Waals surface area contributed by atoms with Gasteiger partial charge in [0.1, 0.15) is 11.0 Å². The van der Waals surface area contributed by atoms with E-state index in [1.165, 1.54) is 4.70 Å². The van der Waals surface area contributed by atoms with Gasteiger partial charge in [0.05, 0.1) is 16.3 Å². The number of rotatable bonds is 4. The fourth-order valence-electron chi connectivity index (χ4n) is 3.53. The van der Waals surface area contributed by atoms with Crippen molar-refractivity contribution in [1.82, 2.24) is 21.4 Å². The summed E-state index contributed by atoms with van der Waals surface area (Å²) in [5.74, 6) is -0.901. The van der Waals surface area contributed by atoms with Crippen molar-refractivity contribution in [3.8, 4) is 21.7 Å². The molecule has 29 heavy (non-hydrogen) atoms. The average molecular weight is 402 g/mol. The zero-order chi connectivity index (χ0) is 19.8. The molecule has 0 radical (unpaired) electrons. The van der Waals surface area contributed by atoms with Gasteiger partial charge in [-0.2, -0.15) is 5.53 Å². The van der Waals surface area contributed by atoms with Crippen LogP contribution in [-0.2, 0) is 4.79 Å². The van der Waals surface area contributed by atoms with Crippen molar-refractivity contribution in [2.75, 3.05) is 0 Å². The Kier molecular flexibility index (Phi) is 4.57. The first kappa shape index (κ1) is 18.0. The van der Waals surface area contributed by atoms with Gasteiger partial charge in [0.25, 0.3) is 0 Å². The van der Waals surface area contributed by atoms with Gasteiger partial charge in [-0.15, -0.1) is 11.3 Å². The van der Waals surface area contributed by atoms with E-state index in [9.17, 15) is 9.90 Å². The topological polar surface area (TPSA) is 86.3 Å². The minimum absolute atomic E-state index is 0.331. The van der Waals surface area contributed by atoms with Crippen LogP contribution in [0.25, 0.3) is 31.9 Å². The summed E-state index contributed by atoms with van der Waals surface area (Å²) in [7, 11) is 0. The van der Waals surface area contributed by atoms with E-state index in [2.05, 4.69) is 46.7 Å². The van der Waals surface area contributed by atoms with Gasteiger partial charge in [0, 0.05) is 5.56 Å². The predicted molar refractivity (Wildman–Crippen MR) is 114 cm³/mol. The number of carboxylic acid groups (broad SMARTS) is 1. The van der Waals surface area contributed by atoms with Crippen molar-refractivity contribution in [3.63, 3.8) is 0 Å². The highest BCUT2D eigenvalue weighted by Gasteiger charge is 2.33. The number of nitrogens with zero attached hydrogens (tertiary/aromatic N) is 1. The van der Waals surface area contributed by atoms with E-state index >= 15 is 0 Å². The maximum Gasteiger partial charge on any atom is 0.324 e. The summed E-state index contributed by atoms with van der Waals surface area (Å²) in [6, 6.07) is 23.4. The average Bonchev–Trinajstić information content (AvgIpc) is 3.41. The van der Waals surface area contributed by atoms with Gasteiger partial charge < -0.3 is 5.11 Å². The van der Waals surface area contributed by atoms with Crippen LogP contribution in [0.5, 0.6) is 0 Å². The van der Waals surface area contributed by atoms with E-state index in [4.69, 9.17) is 4.98 Å². The largest absolute Gasteiger partial charge is 0.480 e. The van der Waals surface area contributed by atoms with E-state index in [1.807, 2.05) is 42.5 Å². The van der Waals surface area contributed by atoms with Gasteiger partial charge in [-0.3, -0.25) is 4.79 Å². The van der Waals surface area contributed by atoms with Crippen LogP contribution in [0.2, 0.25) is 0 Å². The van der Waals surface area contributed by atoms with Crippen molar-refractivity contribution >= 4 is 27.5 Å². The Morgan fingerprint density at radius 3 is 2.21 bits per heavy atom. The van der Waals surface area contributed by atoms with Crippen molar-refractivity contribution in [2.24, 2.45) is 0 Å². The molecule has 1 aliphatic heterocycles. The lowest BCUT2D eigenvalue weighted by atomic mass is 9.97. The van der Waals surface area contributed by atoms with Crippen LogP contribution in [0, 0.1) is 0 Å². The van der Waals surface area contributed by atoms with E-state index in [0.717, 1.165) is 32.8 Å². The fraction of sp³-hybridized carbons (Fsp3) is 0.0909. The maximum absolute atomic E-state index is 11.3. The molecule has 3 aromatic carbocycles. The predicted octanol–water partition coefficient (Wildman–Crippen LogP) is 3.74. The molecule has 4 aromatic rings. The number of nitrogens with one attached hydrogen (secondary N) is 3. The number of fused-ring (bicyclic) bond motifs is 1. The van der Waals surface area contributed by atoms with E-state index < -0.39 is 12.0 Å². The smallest absolute Gasteiger partial charge is 0.324 e. The molecule has 7 heteroatoms. The van der Waals surface area contributed by atoms with E-state index in [1.54, 1.807) is 11.3 Å². The molecule has 0 aliphatic carbocycles. The van der Waals surface area contributed by atoms with Crippen molar-refractivity contribution < 1.29 is 9.90 Å². The Bertz CT molecular complexity index is 1140. The number of thiazole rings is 1. The normalized spacial score (nSPS) is 18.9. The molecule has 0 amide bonds.